The summed E-state index contributed by atoms with van der Waals surface area (Å²) in [6, 6.07) is 5.72. The van der Waals surface area contributed by atoms with Crippen LogP contribution in [-0.2, 0) is 6.42 Å². The Morgan fingerprint density at radius 2 is 2.21 bits per heavy atom. The maximum Gasteiger partial charge on any atom is 0.125 e. The largest absolute Gasteiger partial charge is 0.370 e. The Bertz CT molecular complexity index is 422. The molecule has 1 heterocycles. The molecule has 1 atom stereocenters. The summed E-state index contributed by atoms with van der Waals surface area (Å²) in [4.78, 5) is 4.55. The monoisotopic (exact) mass is 265 g/mol. The number of likely N-dealkylation sites (N-methyl/N-ethyl adjacent to an activating group) is 2. The molecule has 3 nitrogen and oxygen atoms in total. The minimum absolute atomic E-state index is 0.169. The van der Waals surface area contributed by atoms with Crippen LogP contribution in [0.4, 0.5) is 10.1 Å². The summed E-state index contributed by atoms with van der Waals surface area (Å²) in [5, 5.41) is 0. The lowest BCUT2D eigenvalue weighted by atomic mass is 10.0. The molecule has 2 N–H and O–H groups in total. The van der Waals surface area contributed by atoms with E-state index in [1.165, 1.54) is 12.8 Å². The first kappa shape index (κ1) is 14.3. The fourth-order valence-electron chi connectivity index (χ4n) is 2.81. The highest BCUT2D eigenvalue weighted by Gasteiger charge is 2.21. The normalized spacial score (nSPS) is 20.5. The van der Waals surface area contributed by atoms with Gasteiger partial charge in [0, 0.05) is 25.3 Å². The van der Waals surface area contributed by atoms with Gasteiger partial charge in [0.25, 0.3) is 0 Å². The molecule has 1 aliphatic rings. The zero-order valence-corrected chi connectivity index (χ0v) is 11.9. The van der Waals surface area contributed by atoms with Crippen molar-refractivity contribution in [1.29, 1.82) is 0 Å². The average molecular weight is 265 g/mol. The molecule has 1 fully saturated rings. The molecule has 19 heavy (non-hydrogen) atoms. The molecule has 0 saturated carbocycles. The highest BCUT2D eigenvalue weighted by molar-refractivity contribution is 5.49. The Morgan fingerprint density at radius 1 is 1.42 bits per heavy atom. The van der Waals surface area contributed by atoms with E-state index in [1.54, 1.807) is 12.1 Å². The highest BCUT2D eigenvalue weighted by Crippen LogP contribution is 2.23. The Morgan fingerprint density at radius 3 is 2.89 bits per heavy atom. The second-order valence-corrected chi connectivity index (χ2v) is 5.53. The van der Waals surface area contributed by atoms with E-state index in [2.05, 4.69) is 30.0 Å². The van der Waals surface area contributed by atoms with Gasteiger partial charge in [-0.05, 0) is 63.2 Å². The molecule has 1 aromatic carbocycles. The number of hydrogen-bond acceptors (Lipinski definition) is 3. The zero-order valence-electron chi connectivity index (χ0n) is 11.9. The number of rotatable bonds is 4. The minimum Gasteiger partial charge on any atom is -0.370 e. The first-order chi connectivity index (χ1) is 9.10. The first-order valence-corrected chi connectivity index (χ1v) is 7.01. The maximum absolute atomic E-state index is 13.7. The number of piperidine rings is 1. The third-order valence-electron chi connectivity index (χ3n) is 3.93. The van der Waals surface area contributed by atoms with Crippen LogP contribution in [0.3, 0.4) is 0 Å². The summed E-state index contributed by atoms with van der Waals surface area (Å²) in [5.74, 6) is -0.169. The number of benzene rings is 1. The summed E-state index contributed by atoms with van der Waals surface area (Å²) in [6.45, 7) is 2.75. The van der Waals surface area contributed by atoms with Crippen molar-refractivity contribution in [3.05, 3.63) is 29.6 Å². The van der Waals surface area contributed by atoms with Crippen LogP contribution in [0.25, 0.3) is 0 Å². The van der Waals surface area contributed by atoms with Gasteiger partial charge in [-0.1, -0.05) is 0 Å². The second kappa shape index (κ2) is 6.35. The number of nitrogens with two attached hydrogens (primary N) is 1. The summed E-state index contributed by atoms with van der Waals surface area (Å²) in [6.07, 6.45) is 3.10. The topological polar surface area (TPSA) is 32.5 Å². The second-order valence-electron chi connectivity index (χ2n) is 5.53. The highest BCUT2D eigenvalue weighted by atomic mass is 19.1. The molecular formula is C15H24FN3. The van der Waals surface area contributed by atoms with Crippen molar-refractivity contribution >= 4 is 5.69 Å². The smallest absolute Gasteiger partial charge is 0.125 e. The van der Waals surface area contributed by atoms with Crippen LogP contribution in [0.2, 0.25) is 0 Å². The summed E-state index contributed by atoms with van der Waals surface area (Å²) >= 11 is 0. The molecule has 4 heteroatoms. The van der Waals surface area contributed by atoms with E-state index in [0.29, 0.717) is 12.6 Å². The number of anilines is 1. The van der Waals surface area contributed by atoms with Gasteiger partial charge in [0.15, 0.2) is 0 Å². The number of nitrogens with zero attached hydrogens (tertiary/aromatic N) is 2. The third kappa shape index (κ3) is 3.67. The number of halogens is 1. The molecule has 0 radical (unpaired) electrons. The van der Waals surface area contributed by atoms with E-state index in [4.69, 9.17) is 5.73 Å². The van der Waals surface area contributed by atoms with E-state index in [9.17, 15) is 4.39 Å². The van der Waals surface area contributed by atoms with Crippen LogP contribution in [-0.4, -0.2) is 44.7 Å². The fraction of sp³-hybridized carbons (Fsp3) is 0.600. The van der Waals surface area contributed by atoms with Gasteiger partial charge in [0.1, 0.15) is 5.82 Å². The molecule has 2 rings (SSSR count). The molecule has 106 valence electrons. The van der Waals surface area contributed by atoms with Crippen LogP contribution in [0.1, 0.15) is 18.4 Å². The molecule has 0 aromatic heterocycles. The maximum atomic E-state index is 13.7. The Kier molecular flexibility index (Phi) is 4.77. The molecule has 0 amide bonds. The van der Waals surface area contributed by atoms with Crippen molar-refractivity contribution in [2.45, 2.75) is 25.3 Å². The lowest BCUT2D eigenvalue weighted by molar-refractivity contribution is 0.248. The van der Waals surface area contributed by atoms with E-state index in [1.807, 2.05) is 0 Å². The van der Waals surface area contributed by atoms with Crippen molar-refractivity contribution in [1.82, 2.24) is 4.90 Å². The SMILES string of the molecule is CN1CCCC(N(C)c2cc(F)cc(CCN)c2)C1. The quantitative estimate of drug-likeness (QED) is 0.902. The van der Waals surface area contributed by atoms with E-state index in [-0.39, 0.29) is 5.82 Å². The van der Waals surface area contributed by atoms with Crippen molar-refractivity contribution in [3.63, 3.8) is 0 Å². The Labute approximate surface area is 115 Å². The van der Waals surface area contributed by atoms with Crippen molar-refractivity contribution in [2.24, 2.45) is 5.73 Å². The minimum atomic E-state index is -0.169. The average Bonchev–Trinajstić information content (AvgIpc) is 2.37. The lowest BCUT2D eigenvalue weighted by Gasteiger charge is -2.37. The Balaban J connectivity index is 2.15. The Hall–Kier alpha value is -1.13. The van der Waals surface area contributed by atoms with Crippen LogP contribution in [0.15, 0.2) is 18.2 Å². The molecule has 1 saturated heterocycles. The van der Waals surface area contributed by atoms with Gasteiger partial charge in [-0.3, -0.25) is 0 Å². The zero-order chi connectivity index (χ0) is 13.8. The van der Waals surface area contributed by atoms with Crippen molar-refractivity contribution in [3.8, 4) is 0 Å². The molecule has 1 unspecified atom stereocenters. The van der Waals surface area contributed by atoms with Gasteiger partial charge in [0.2, 0.25) is 0 Å². The van der Waals surface area contributed by atoms with Crippen LogP contribution in [0, 0.1) is 5.82 Å². The van der Waals surface area contributed by atoms with Gasteiger partial charge in [0.05, 0.1) is 0 Å². The van der Waals surface area contributed by atoms with Crippen molar-refractivity contribution < 1.29 is 4.39 Å². The van der Waals surface area contributed by atoms with Gasteiger partial charge < -0.3 is 15.5 Å². The van der Waals surface area contributed by atoms with Gasteiger partial charge in [-0.15, -0.1) is 0 Å². The predicted molar refractivity (Wildman–Crippen MR) is 78.1 cm³/mol. The molecule has 0 aliphatic carbocycles. The molecule has 0 spiro atoms. The van der Waals surface area contributed by atoms with Gasteiger partial charge in [-0.25, -0.2) is 4.39 Å². The number of likely N-dealkylation sites (tertiary alicyclic amines) is 1. The van der Waals surface area contributed by atoms with E-state index < -0.39 is 0 Å². The third-order valence-corrected chi connectivity index (χ3v) is 3.93. The summed E-state index contributed by atoms with van der Waals surface area (Å²) in [7, 11) is 4.20. The van der Waals surface area contributed by atoms with Crippen LogP contribution < -0.4 is 10.6 Å². The first-order valence-electron chi connectivity index (χ1n) is 7.01. The lowest BCUT2D eigenvalue weighted by Crippen LogP contribution is -2.45. The van der Waals surface area contributed by atoms with E-state index in [0.717, 1.165) is 30.8 Å². The fourth-order valence-corrected chi connectivity index (χ4v) is 2.81. The standard InChI is InChI=1S/C15H24FN3/c1-18-7-3-4-14(11-18)19(2)15-9-12(5-6-17)8-13(16)10-15/h8-10,14H,3-7,11,17H2,1-2H3. The number of hydrogen-bond donors (Lipinski definition) is 1. The van der Waals surface area contributed by atoms with E-state index >= 15 is 0 Å². The predicted octanol–water partition coefficient (Wildman–Crippen LogP) is 1.86. The molecular weight excluding hydrogens is 241 g/mol. The summed E-state index contributed by atoms with van der Waals surface area (Å²) in [5.41, 5.74) is 7.50. The van der Waals surface area contributed by atoms with Crippen LogP contribution >= 0.6 is 0 Å². The summed E-state index contributed by atoms with van der Waals surface area (Å²) < 4.78 is 13.7. The van der Waals surface area contributed by atoms with Gasteiger partial charge >= 0.3 is 0 Å². The molecule has 1 aliphatic heterocycles. The van der Waals surface area contributed by atoms with Crippen LogP contribution in [0.5, 0.6) is 0 Å². The van der Waals surface area contributed by atoms with Crippen molar-refractivity contribution in [2.75, 3.05) is 38.6 Å². The molecule has 0 bridgehead atoms. The van der Waals surface area contributed by atoms with Gasteiger partial charge in [-0.2, -0.15) is 0 Å². The molecule has 1 aromatic rings.